The first-order chi connectivity index (χ1) is 23.9. The Morgan fingerprint density at radius 2 is 1.22 bits per heavy atom. The summed E-state index contributed by atoms with van der Waals surface area (Å²) in [4.78, 5) is 12.5. The van der Waals surface area contributed by atoms with Crippen molar-refractivity contribution in [3.05, 3.63) is 72.9 Å². The number of carbonyl (C=O) groups is 1. The van der Waals surface area contributed by atoms with Gasteiger partial charge in [0.2, 0.25) is 0 Å². The molecular weight excluding hydrogens is 624 g/mol. The Hall–Kier alpha value is -2.37. The van der Waals surface area contributed by atoms with Crippen molar-refractivity contribution < 1.29 is 44.2 Å². The van der Waals surface area contributed by atoms with E-state index in [1.54, 1.807) is 0 Å². The van der Waals surface area contributed by atoms with Crippen LogP contribution in [-0.2, 0) is 23.7 Å². The van der Waals surface area contributed by atoms with Gasteiger partial charge >= 0.3 is 5.97 Å². The number of aliphatic hydroxyl groups excluding tert-OH is 4. The normalized spacial score (nSPS) is 22.6. The minimum Gasteiger partial charge on any atom is -0.457 e. The summed E-state index contributed by atoms with van der Waals surface area (Å²) in [5.41, 5.74) is 0. The number of esters is 1. The third kappa shape index (κ3) is 23.6. The number of allylic oxidation sites excluding steroid dienone is 12. The van der Waals surface area contributed by atoms with Gasteiger partial charge in [-0.2, -0.15) is 0 Å². The fraction of sp³-hybridized carbons (Fsp3) is 0.675. The molecule has 9 nitrogen and oxygen atoms in total. The van der Waals surface area contributed by atoms with Crippen molar-refractivity contribution in [2.24, 2.45) is 0 Å². The van der Waals surface area contributed by atoms with Crippen molar-refractivity contribution in [2.45, 2.75) is 147 Å². The molecule has 0 aromatic heterocycles. The van der Waals surface area contributed by atoms with Crippen molar-refractivity contribution in [3.8, 4) is 0 Å². The SMILES string of the molecule is CC/C=C\C/C=C\C/C=C\C/C=C\C/C=C\C/C=C\CCCOCC(COC1OC(CO)C(O)C(O)C1O)OC(=O)CCCCCCCC. The van der Waals surface area contributed by atoms with Crippen LogP contribution in [-0.4, -0.2) is 89.6 Å². The zero-order valence-electron chi connectivity index (χ0n) is 30.2. The number of ether oxygens (including phenoxy) is 4. The van der Waals surface area contributed by atoms with E-state index in [-0.39, 0.29) is 19.2 Å². The molecule has 0 aromatic carbocycles. The second kappa shape index (κ2) is 31.6. The second-order valence-corrected chi connectivity index (χ2v) is 12.3. The molecular formula is C40H66O9. The van der Waals surface area contributed by atoms with Crippen LogP contribution in [0.25, 0.3) is 0 Å². The maximum Gasteiger partial charge on any atom is 0.306 e. The fourth-order valence-corrected chi connectivity index (χ4v) is 4.98. The molecule has 1 rings (SSSR count). The molecule has 6 atom stereocenters. The molecule has 0 spiro atoms. The average Bonchev–Trinajstić information content (AvgIpc) is 3.10. The van der Waals surface area contributed by atoms with E-state index in [9.17, 15) is 25.2 Å². The van der Waals surface area contributed by atoms with Crippen LogP contribution in [0.1, 0.15) is 110 Å². The molecule has 0 aromatic rings. The summed E-state index contributed by atoms with van der Waals surface area (Å²) in [5, 5.41) is 39.8. The molecule has 280 valence electrons. The molecule has 1 fully saturated rings. The van der Waals surface area contributed by atoms with Crippen molar-refractivity contribution in [1.82, 2.24) is 0 Å². The molecule has 0 radical (unpaired) electrons. The van der Waals surface area contributed by atoms with E-state index in [0.717, 1.165) is 77.0 Å². The van der Waals surface area contributed by atoms with Crippen LogP contribution in [0.5, 0.6) is 0 Å². The lowest BCUT2D eigenvalue weighted by molar-refractivity contribution is -0.305. The van der Waals surface area contributed by atoms with Crippen LogP contribution >= 0.6 is 0 Å². The Morgan fingerprint density at radius 3 is 1.80 bits per heavy atom. The number of hydrogen-bond acceptors (Lipinski definition) is 9. The molecule has 0 aliphatic carbocycles. The van der Waals surface area contributed by atoms with Crippen molar-refractivity contribution in [2.75, 3.05) is 26.4 Å². The van der Waals surface area contributed by atoms with Gasteiger partial charge in [0.15, 0.2) is 6.29 Å². The molecule has 49 heavy (non-hydrogen) atoms. The number of unbranched alkanes of at least 4 members (excludes halogenated alkanes) is 6. The second-order valence-electron chi connectivity index (χ2n) is 12.3. The molecule has 1 saturated heterocycles. The quantitative estimate of drug-likeness (QED) is 0.0373. The molecule has 1 heterocycles. The summed E-state index contributed by atoms with van der Waals surface area (Å²) < 4.78 is 22.5. The van der Waals surface area contributed by atoms with Crippen LogP contribution in [0.4, 0.5) is 0 Å². The van der Waals surface area contributed by atoms with Gasteiger partial charge in [-0.1, -0.05) is 119 Å². The van der Waals surface area contributed by atoms with Gasteiger partial charge in [0, 0.05) is 13.0 Å². The fourth-order valence-electron chi connectivity index (χ4n) is 4.98. The third-order valence-electron chi connectivity index (χ3n) is 7.89. The third-order valence-corrected chi connectivity index (χ3v) is 7.89. The summed E-state index contributed by atoms with van der Waals surface area (Å²) in [6.07, 6.45) is 32.5. The van der Waals surface area contributed by atoms with E-state index in [4.69, 9.17) is 18.9 Å². The first-order valence-corrected chi connectivity index (χ1v) is 18.5. The Balaban J connectivity index is 2.33. The number of carbonyl (C=O) groups excluding carboxylic acids is 1. The van der Waals surface area contributed by atoms with E-state index in [0.29, 0.717) is 13.0 Å². The smallest absolute Gasteiger partial charge is 0.306 e. The lowest BCUT2D eigenvalue weighted by Crippen LogP contribution is -2.59. The number of rotatable bonds is 29. The van der Waals surface area contributed by atoms with Crippen LogP contribution < -0.4 is 0 Å². The van der Waals surface area contributed by atoms with Gasteiger partial charge in [0.25, 0.3) is 0 Å². The largest absolute Gasteiger partial charge is 0.457 e. The molecule has 0 saturated carbocycles. The first kappa shape index (κ1) is 44.7. The summed E-state index contributed by atoms with van der Waals surface area (Å²) >= 11 is 0. The molecule has 1 aliphatic rings. The molecule has 0 amide bonds. The standard InChI is InChI=1S/C40H66O9/c1-3-5-7-9-11-12-13-14-15-16-17-18-19-20-21-22-23-24-26-28-30-46-32-34(48-36(42)29-27-25-10-8-6-4-2)33-47-40-39(45)38(44)37(43)35(31-41)49-40/h5,7,11-12,14-15,17-18,20-21,23-24,34-35,37-41,43-45H,3-4,6,8-10,13,16,19,22,25-33H2,1-2H3/b7-5-,12-11-,15-14-,18-17-,21-20-,24-23-. The van der Waals surface area contributed by atoms with Gasteiger partial charge in [0.05, 0.1) is 19.8 Å². The molecule has 6 unspecified atom stereocenters. The molecule has 0 bridgehead atoms. The predicted octanol–water partition coefficient (Wildman–Crippen LogP) is 6.96. The summed E-state index contributed by atoms with van der Waals surface area (Å²) in [6, 6.07) is 0. The highest BCUT2D eigenvalue weighted by molar-refractivity contribution is 5.69. The van der Waals surface area contributed by atoms with E-state index < -0.39 is 43.4 Å². The maximum absolute atomic E-state index is 12.5. The monoisotopic (exact) mass is 690 g/mol. The van der Waals surface area contributed by atoms with E-state index in [2.05, 4.69) is 86.8 Å². The van der Waals surface area contributed by atoms with Crippen LogP contribution in [0.15, 0.2) is 72.9 Å². The summed E-state index contributed by atoms with van der Waals surface area (Å²) in [6.45, 7) is 4.18. The molecule has 4 N–H and O–H groups in total. The average molecular weight is 691 g/mol. The van der Waals surface area contributed by atoms with Crippen LogP contribution in [0, 0.1) is 0 Å². The topological polar surface area (TPSA) is 135 Å². The summed E-state index contributed by atoms with van der Waals surface area (Å²) in [5.74, 6) is -0.348. The predicted molar refractivity (Wildman–Crippen MR) is 196 cm³/mol. The van der Waals surface area contributed by atoms with Gasteiger partial charge in [-0.3, -0.25) is 4.79 Å². The Kier molecular flexibility index (Phi) is 28.8. The van der Waals surface area contributed by atoms with Gasteiger partial charge in [-0.15, -0.1) is 0 Å². The number of hydrogen-bond donors (Lipinski definition) is 4. The van der Waals surface area contributed by atoms with Crippen molar-refractivity contribution >= 4 is 5.97 Å². The molecule has 1 aliphatic heterocycles. The highest BCUT2D eigenvalue weighted by Crippen LogP contribution is 2.22. The van der Waals surface area contributed by atoms with Crippen molar-refractivity contribution in [1.29, 1.82) is 0 Å². The van der Waals surface area contributed by atoms with Gasteiger partial charge < -0.3 is 39.4 Å². The zero-order chi connectivity index (χ0) is 35.8. The Morgan fingerprint density at radius 1 is 0.673 bits per heavy atom. The van der Waals surface area contributed by atoms with Crippen LogP contribution in [0.2, 0.25) is 0 Å². The zero-order valence-corrected chi connectivity index (χ0v) is 30.2. The Labute approximate surface area is 296 Å². The molecule has 9 heteroatoms. The highest BCUT2D eigenvalue weighted by Gasteiger charge is 2.44. The van der Waals surface area contributed by atoms with Gasteiger partial charge in [-0.05, 0) is 57.8 Å². The van der Waals surface area contributed by atoms with Gasteiger partial charge in [0.1, 0.15) is 30.5 Å². The summed E-state index contributed by atoms with van der Waals surface area (Å²) in [7, 11) is 0. The number of aliphatic hydroxyl groups is 4. The first-order valence-electron chi connectivity index (χ1n) is 18.5. The van der Waals surface area contributed by atoms with E-state index in [1.807, 2.05) is 0 Å². The van der Waals surface area contributed by atoms with Gasteiger partial charge in [-0.25, -0.2) is 0 Å². The lowest BCUT2D eigenvalue weighted by atomic mass is 9.99. The maximum atomic E-state index is 12.5. The Bertz CT molecular complexity index is 969. The van der Waals surface area contributed by atoms with E-state index in [1.165, 1.54) is 12.8 Å². The highest BCUT2D eigenvalue weighted by atomic mass is 16.7. The minimum absolute atomic E-state index is 0.101. The van der Waals surface area contributed by atoms with E-state index >= 15 is 0 Å². The lowest BCUT2D eigenvalue weighted by Gasteiger charge is -2.39. The van der Waals surface area contributed by atoms with Crippen molar-refractivity contribution in [3.63, 3.8) is 0 Å². The minimum atomic E-state index is -1.55. The van der Waals surface area contributed by atoms with Crippen LogP contribution in [0.3, 0.4) is 0 Å².